The molecule has 0 aliphatic carbocycles. The zero-order valence-electron chi connectivity index (χ0n) is 11.3. The van der Waals surface area contributed by atoms with Crippen molar-refractivity contribution in [2.24, 2.45) is 0 Å². The van der Waals surface area contributed by atoms with E-state index in [1.165, 1.54) is 0 Å². The Balaban J connectivity index is 6.20. The van der Waals surface area contributed by atoms with Crippen LogP contribution in [0.2, 0.25) is 0 Å². The van der Waals surface area contributed by atoms with E-state index >= 15 is 0 Å². The maximum atomic E-state index is 13.5. The van der Waals surface area contributed by atoms with Gasteiger partial charge in [0.2, 0.25) is 0 Å². The van der Waals surface area contributed by atoms with E-state index in [1.54, 1.807) is 4.74 Å². The fourth-order valence-electron chi connectivity index (χ4n) is 0.884. The average molecular weight is 461 g/mol. The third-order valence-electron chi connectivity index (χ3n) is 2.18. The fourth-order valence-corrected chi connectivity index (χ4v) is 1.38. The first kappa shape index (κ1) is 25.4. The van der Waals surface area contributed by atoms with E-state index in [9.17, 15) is 74.7 Å². The second-order valence-electron chi connectivity index (χ2n) is 4.16. The van der Waals surface area contributed by atoms with Crippen molar-refractivity contribution in [2.75, 3.05) is 0 Å². The summed E-state index contributed by atoms with van der Waals surface area (Å²) in [5, 5.41) is 0. The Morgan fingerprint density at radius 2 is 1.07 bits per heavy atom. The van der Waals surface area contributed by atoms with Crippen LogP contribution in [0.25, 0.3) is 0 Å². The molecule has 162 valence electrons. The van der Waals surface area contributed by atoms with Crippen molar-refractivity contribution >= 4 is 15.9 Å². The summed E-state index contributed by atoms with van der Waals surface area (Å²) >= 11 is 0. The van der Waals surface area contributed by atoms with E-state index < -0.39 is 56.4 Å². The molecule has 0 aliphatic heterocycles. The van der Waals surface area contributed by atoms with Gasteiger partial charge in [0.25, 0.3) is 0 Å². The second-order valence-corrected chi connectivity index (χ2v) is 5.84. The topological polar surface area (TPSA) is 72.5 Å². The number of ether oxygens (including phenoxy) is 1. The highest BCUT2D eigenvalue weighted by molar-refractivity contribution is 7.90. The predicted octanol–water partition coefficient (Wildman–Crippen LogP) is 2.99. The summed E-state index contributed by atoms with van der Waals surface area (Å²) in [6.07, 6.45) is -22.3. The van der Waals surface area contributed by atoms with Gasteiger partial charge in [-0.2, -0.15) is 69.9 Å². The predicted molar refractivity (Wildman–Crippen MR) is 50.0 cm³/mol. The Kier molecular flexibility index (Phi) is 6.10. The molecule has 0 saturated heterocycles. The molecule has 1 amide bonds. The Hall–Kier alpha value is -1.60. The van der Waals surface area contributed by atoms with Gasteiger partial charge in [-0.15, -0.1) is 0 Å². The SMILES string of the molecule is O=C(NS(=O)(=O)C(F)(F)F)C(F)(OC(F)(F)C(F)(F)C(F)(F)F)C(F)(F)F. The standard InChI is InChI=1S/C7HF14NO4S/c8-2(4(11,12)13,1(23)22-27(24,25)7(19,20)21)26-6(17,18)3(9,10)5(14,15)16/h(H,22,23). The lowest BCUT2D eigenvalue weighted by Crippen LogP contribution is -2.64. The highest BCUT2D eigenvalue weighted by Crippen LogP contribution is 2.51. The molecular weight excluding hydrogens is 460 g/mol. The van der Waals surface area contributed by atoms with Crippen LogP contribution in [-0.2, 0) is 19.6 Å². The number of rotatable bonds is 5. The van der Waals surface area contributed by atoms with Gasteiger partial charge < -0.3 is 0 Å². The largest absolute Gasteiger partial charge is 0.516 e. The molecule has 0 spiro atoms. The van der Waals surface area contributed by atoms with Crippen LogP contribution in [0.1, 0.15) is 0 Å². The zero-order valence-corrected chi connectivity index (χ0v) is 12.1. The van der Waals surface area contributed by atoms with Crippen molar-refractivity contribution in [1.29, 1.82) is 0 Å². The number of carbonyl (C=O) groups excluding carboxylic acids is 1. The van der Waals surface area contributed by atoms with Crippen molar-refractivity contribution in [3.63, 3.8) is 0 Å². The lowest BCUT2D eigenvalue weighted by molar-refractivity contribution is -0.472. The van der Waals surface area contributed by atoms with Crippen molar-refractivity contribution in [1.82, 2.24) is 4.72 Å². The highest BCUT2D eigenvalue weighted by Gasteiger charge is 2.80. The van der Waals surface area contributed by atoms with E-state index in [-0.39, 0.29) is 0 Å². The fraction of sp³-hybridized carbons (Fsp3) is 0.857. The Morgan fingerprint density at radius 3 is 1.33 bits per heavy atom. The Morgan fingerprint density at radius 1 is 0.704 bits per heavy atom. The molecule has 0 aromatic rings. The van der Waals surface area contributed by atoms with E-state index in [0.717, 1.165) is 0 Å². The lowest BCUT2D eigenvalue weighted by atomic mass is 10.2. The lowest BCUT2D eigenvalue weighted by Gasteiger charge is -2.33. The Bertz CT molecular complexity index is 675. The van der Waals surface area contributed by atoms with Gasteiger partial charge in [0.05, 0.1) is 0 Å². The number of hydrogen-bond donors (Lipinski definition) is 1. The van der Waals surface area contributed by atoms with E-state index in [4.69, 9.17) is 0 Å². The number of amides is 1. The number of alkyl halides is 14. The zero-order chi connectivity index (χ0) is 22.5. The summed E-state index contributed by atoms with van der Waals surface area (Å²) in [6.45, 7) is 0. The minimum atomic E-state index is -7.59. The number of hydrogen-bond acceptors (Lipinski definition) is 4. The van der Waals surface area contributed by atoms with Crippen LogP contribution in [0, 0.1) is 0 Å². The van der Waals surface area contributed by atoms with Crippen molar-refractivity contribution < 1.29 is 79.4 Å². The van der Waals surface area contributed by atoms with E-state index in [1.807, 2.05) is 0 Å². The van der Waals surface area contributed by atoms with Crippen LogP contribution in [0.3, 0.4) is 0 Å². The summed E-state index contributed by atoms with van der Waals surface area (Å²) in [7, 11) is -7.23. The van der Waals surface area contributed by atoms with E-state index in [2.05, 4.69) is 0 Å². The summed E-state index contributed by atoms with van der Waals surface area (Å²) in [6, 6.07) is 0. The first-order valence-electron chi connectivity index (χ1n) is 5.25. The monoisotopic (exact) mass is 461 g/mol. The molecule has 0 fully saturated rings. The van der Waals surface area contributed by atoms with Crippen LogP contribution in [0.15, 0.2) is 0 Å². The van der Waals surface area contributed by atoms with Crippen molar-refractivity contribution in [3.05, 3.63) is 0 Å². The van der Waals surface area contributed by atoms with Crippen molar-refractivity contribution in [2.45, 2.75) is 35.7 Å². The van der Waals surface area contributed by atoms with Gasteiger partial charge in [0, 0.05) is 0 Å². The summed E-state index contributed by atoms with van der Waals surface area (Å²) in [4.78, 5) is 10.8. The molecule has 0 rings (SSSR count). The first-order valence-corrected chi connectivity index (χ1v) is 6.73. The molecule has 0 aromatic carbocycles. The normalized spacial score (nSPS) is 17.4. The smallest absolute Gasteiger partial charge is 0.267 e. The van der Waals surface area contributed by atoms with Crippen LogP contribution in [0.5, 0.6) is 0 Å². The highest BCUT2D eigenvalue weighted by atomic mass is 32.2. The maximum Gasteiger partial charge on any atom is 0.516 e. The van der Waals surface area contributed by atoms with Crippen LogP contribution in [0.4, 0.5) is 61.5 Å². The van der Waals surface area contributed by atoms with Gasteiger partial charge in [-0.25, -0.2) is 4.72 Å². The van der Waals surface area contributed by atoms with Gasteiger partial charge in [-0.1, -0.05) is 0 Å². The Labute approximate surface area is 137 Å². The number of sulfonamides is 1. The van der Waals surface area contributed by atoms with Gasteiger partial charge in [-0.3, -0.25) is 9.53 Å². The molecule has 0 aliphatic rings. The third-order valence-corrected chi connectivity index (χ3v) is 3.24. The maximum absolute atomic E-state index is 13.5. The summed E-state index contributed by atoms with van der Waals surface area (Å²) in [5.41, 5.74) is -6.65. The molecule has 1 atom stereocenters. The second kappa shape index (κ2) is 6.48. The minimum absolute atomic E-state index is 0.815. The van der Waals surface area contributed by atoms with E-state index in [0.29, 0.717) is 0 Å². The molecule has 1 unspecified atom stereocenters. The molecular formula is C7HF14NO4S. The molecule has 1 N–H and O–H groups in total. The molecule has 0 aromatic heterocycles. The minimum Gasteiger partial charge on any atom is -0.267 e. The van der Waals surface area contributed by atoms with Gasteiger partial charge in [0.15, 0.2) is 0 Å². The first-order chi connectivity index (χ1) is 11.3. The molecule has 0 bridgehead atoms. The van der Waals surface area contributed by atoms with Gasteiger partial charge in [-0.05, 0) is 0 Å². The van der Waals surface area contributed by atoms with Crippen LogP contribution >= 0.6 is 0 Å². The molecule has 20 heteroatoms. The molecule has 0 saturated carbocycles. The summed E-state index contributed by atoms with van der Waals surface area (Å²) in [5.74, 6) is -19.0. The molecule has 0 heterocycles. The van der Waals surface area contributed by atoms with Crippen LogP contribution < -0.4 is 4.72 Å². The van der Waals surface area contributed by atoms with Crippen LogP contribution in [-0.4, -0.2) is 50.1 Å². The number of carbonyl (C=O) groups is 1. The third kappa shape index (κ3) is 4.63. The summed E-state index contributed by atoms with van der Waals surface area (Å²) < 4.78 is 193. The molecule has 5 nitrogen and oxygen atoms in total. The van der Waals surface area contributed by atoms with Crippen molar-refractivity contribution in [3.8, 4) is 0 Å². The number of nitrogens with one attached hydrogen (secondary N) is 1. The number of halogens is 14. The quantitative estimate of drug-likeness (QED) is 0.640. The average Bonchev–Trinajstić information content (AvgIpc) is 2.32. The molecule has 27 heavy (non-hydrogen) atoms. The van der Waals surface area contributed by atoms with Gasteiger partial charge >= 0.3 is 51.7 Å². The molecule has 0 radical (unpaired) electrons. The van der Waals surface area contributed by atoms with Gasteiger partial charge in [0.1, 0.15) is 0 Å².